The molecule has 0 atom stereocenters. The van der Waals surface area contributed by atoms with Crippen LogP contribution in [0.2, 0.25) is 0 Å². The highest BCUT2D eigenvalue weighted by Crippen LogP contribution is 2.15. The van der Waals surface area contributed by atoms with E-state index in [1.807, 2.05) is 11.8 Å². The molecular formula is C13H20BrNS. The molecule has 0 amide bonds. The third-order valence-corrected chi connectivity index (χ3v) is 3.76. The molecule has 0 unspecified atom stereocenters. The zero-order valence-electron chi connectivity index (χ0n) is 10.1. The monoisotopic (exact) mass is 301 g/mol. The van der Waals surface area contributed by atoms with E-state index >= 15 is 0 Å². The van der Waals surface area contributed by atoms with Crippen LogP contribution in [-0.4, -0.2) is 18.6 Å². The number of hydrogen-bond donors (Lipinski definition) is 1. The van der Waals surface area contributed by atoms with Gasteiger partial charge in [-0.2, -0.15) is 11.8 Å². The topological polar surface area (TPSA) is 12.0 Å². The van der Waals surface area contributed by atoms with Crippen molar-refractivity contribution in [3.05, 3.63) is 33.8 Å². The number of nitrogens with one attached hydrogen (secondary N) is 1. The fraction of sp³-hybridized carbons (Fsp3) is 0.538. The average molecular weight is 302 g/mol. The Morgan fingerprint density at radius 3 is 2.81 bits per heavy atom. The number of halogens is 1. The second kappa shape index (κ2) is 8.15. The lowest BCUT2D eigenvalue weighted by atomic mass is 10.1. The summed E-state index contributed by atoms with van der Waals surface area (Å²) in [6.07, 6.45) is 4.75. The van der Waals surface area contributed by atoms with Gasteiger partial charge in [0.25, 0.3) is 0 Å². The summed E-state index contributed by atoms with van der Waals surface area (Å²) < 4.78 is 1.16. The van der Waals surface area contributed by atoms with E-state index in [-0.39, 0.29) is 0 Å². The summed E-state index contributed by atoms with van der Waals surface area (Å²) in [4.78, 5) is 0. The molecule has 0 heterocycles. The van der Waals surface area contributed by atoms with Gasteiger partial charge in [-0.15, -0.1) is 0 Å². The molecule has 90 valence electrons. The molecule has 0 aliphatic rings. The molecule has 0 fully saturated rings. The highest BCUT2D eigenvalue weighted by molar-refractivity contribution is 9.10. The Kier molecular flexibility index (Phi) is 7.17. The molecule has 0 saturated carbocycles. The molecule has 0 aliphatic heterocycles. The average Bonchev–Trinajstić information content (AvgIpc) is 2.26. The van der Waals surface area contributed by atoms with Gasteiger partial charge in [0, 0.05) is 11.0 Å². The minimum absolute atomic E-state index is 0.985. The van der Waals surface area contributed by atoms with Gasteiger partial charge in [-0.05, 0) is 61.6 Å². The van der Waals surface area contributed by atoms with Crippen molar-refractivity contribution in [3.8, 4) is 0 Å². The zero-order valence-corrected chi connectivity index (χ0v) is 12.5. The van der Waals surface area contributed by atoms with E-state index < -0.39 is 0 Å². The first kappa shape index (κ1) is 14.1. The Bertz CT molecular complexity index is 315. The minimum atomic E-state index is 0.985. The maximum Gasteiger partial charge on any atom is 0.0208 e. The maximum absolute atomic E-state index is 3.50. The van der Waals surface area contributed by atoms with Crippen molar-refractivity contribution in [2.45, 2.75) is 26.3 Å². The van der Waals surface area contributed by atoms with E-state index in [0.29, 0.717) is 0 Å². The Morgan fingerprint density at radius 2 is 2.12 bits per heavy atom. The van der Waals surface area contributed by atoms with E-state index in [9.17, 15) is 0 Å². The van der Waals surface area contributed by atoms with Crippen molar-refractivity contribution in [1.29, 1.82) is 0 Å². The van der Waals surface area contributed by atoms with Crippen molar-refractivity contribution >= 4 is 27.7 Å². The van der Waals surface area contributed by atoms with Crippen molar-refractivity contribution < 1.29 is 0 Å². The smallest absolute Gasteiger partial charge is 0.0208 e. The summed E-state index contributed by atoms with van der Waals surface area (Å²) in [5.41, 5.74) is 2.75. The van der Waals surface area contributed by atoms with Gasteiger partial charge in [-0.1, -0.05) is 22.0 Å². The molecule has 0 spiro atoms. The van der Waals surface area contributed by atoms with E-state index in [1.165, 1.54) is 29.7 Å². The highest BCUT2D eigenvalue weighted by Gasteiger charge is 1.98. The van der Waals surface area contributed by atoms with Gasteiger partial charge in [0.1, 0.15) is 0 Å². The van der Waals surface area contributed by atoms with E-state index in [2.05, 4.69) is 52.6 Å². The van der Waals surface area contributed by atoms with Gasteiger partial charge in [0.2, 0.25) is 0 Å². The molecule has 1 N–H and O–H groups in total. The molecule has 0 radical (unpaired) electrons. The third-order valence-electron chi connectivity index (χ3n) is 2.57. The lowest BCUT2D eigenvalue weighted by Crippen LogP contribution is -2.15. The third kappa shape index (κ3) is 5.37. The van der Waals surface area contributed by atoms with Gasteiger partial charge in [-0.3, -0.25) is 0 Å². The van der Waals surface area contributed by atoms with Crippen LogP contribution in [-0.2, 0) is 6.54 Å². The van der Waals surface area contributed by atoms with Crippen LogP contribution >= 0.6 is 27.7 Å². The maximum atomic E-state index is 3.50. The Hall–Kier alpha value is 0.01000. The predicted molar refractivity (Wildman–Crippen MR) is 78.2 cm³/mol. The van der Waals surface area contributed by atoms with Crippen LogP contribution in [0, 0.1) is 6.92 Å². The molecule has 16 heavy (non-hydrogen) atoms. The summed E-state index contributed by atoms with van der Waals surface area (Å²) >= 11 is 5.41. The van der Waals surface area contributed by atoms with Crippen LogP contribution in [0.15, 0.2) is 22.7 Å². The number of rotatable bonds is 7. The lowest BCUT2D eigenvalue weighted by molar-refractivity contribution is 0.642. The normalized spacial score (nSPS) is 10.7. The number of unbranched alkanes of at least 4 members (excludes halogenated alkanes) is 1. The van der Waals surface area contributed by atoms with Gasteiger partial charge >= 0.3 is 0 Å². The molecule has 1 aromatic rings. The van der Waals surface area contributed by atoms with Crippen LogP contribution in [0.25, 0.3) is 0 Å². The van der Waals surface area contributed by atoms with Gasteiger partial charge in [-0.25, -0.2) is 0 Å². The Morgan fingerprint density at radius 1 is 1.31 bits per heavy atom. The molecule has 0 bridgehead atoms. The van der Waals surface area contributed by atoms with E-state index in [0.717, 1.165) is 17.6 Å². The van der Waals surface area contributed by atoms with Gasteiger partial charge in [0.15, 0.2) is 0 Å². The van der Waals surface area contributed by atoms with Crippen molar-refractivity contribution in [1.82, 2.24) is 5.32 Å². The summed E-state index contributed by atoms with van der Waals surface area (Å²) in [5.74, 6) is 1.28. The van der Waals surface area contributed by atoms with Crippen LogP contribution in [0.1, 0.15) is 24.0 Å². The summed E-state index contributed by atoms with van der Waals surface area (Å²) in [6.45, 7) is 4.27. The molecule has 1 nitrogen and oxygen atoms in total. The largest absolute Gasteiger partial charge is 0.313 e. The first-order valence-corrected chi connectivity index (χ1v) is 7.87. The van der Waals surface area contributed by atoms with Crippen LogP contribution in [0.4, 0.5) is 0 Å². The number of benzene rings is 1. The summed E-state index contributed by atoms with van der Waals surface area (Å²) in [5, 5.41) is 3.50. The number of thioether (sulfide) groups is 1. The fourth-order valence-electron chi connectivity index (χ4n) is 1.58. The Balaban J connectivity index is 2.21. The second-order valence-electron chi connectivity index (χ2n) is 3.95. The first-order chi connectivity index (χ1) is 7.74. The summed E-state index contributed by atoms with van der Waals surface area (Å²) in [7, 11) is 0. The van der Waals surface area contributed by atoms with E-state index in [4.69, 9.17) is 0 Å². The summed E-state index contributed by atoms with van der Waals surface area (Å²) in [6, 6.07) is 6.47. The van der Waals surface area contributed by atoms with E-state index in [1.54, 1.807) is 0 Å². The number of aryl methyl sites for hydroxylation is 1. The SMILES string of the molecule is CSCCCCNCc1ccc(Br)cc1C. The molecular weight excluding hydrogens is 282 g/mol. The lowest BCUT2D eigenvalue weighted by Gasteiger charge is -2.08. The van der Waals surface area contributed by atoms with Gasteiger partial charge < -0.3 is 5.32 Å². The van der Waals surface area contributed by atoms with Crippen LogP contribution in [0.3, 0.4) is 0 Å². The molecule has 0 saturated heterocycles. The predicted octanol–water partition coefficient (Wildman–Crippen LogP) is 3.99. The highest BCUT2D eigenvalue weighted by atomic mass is 79.9. The Labute approximate surface area is 112 Å². The second-order valence-corrected chi connectivity index (χ2v) is 5.85. The molecule has 1 rings (SSSR count). The zero-order chi connectivity index (χ0) is 11.8. The van der Waals surface area contributed by atoms with Crippen LogP contribution < -0.4 is 5.32 Å². The molecule has 0 aliphatic carbocycles. The quantitative estimate of drug-likeness (QED) is 0.764. The van der Waals surface area contributed by atoms with Crippen LogP contribution in [0.5, 0.6) is 0 Å². The van der Waals surface area contributed by atoms with Gasteiger partial charge in [0.05, 0.1) is 0 Å². The minimum Gasteiger partial charge on any atom is -0.313 e. The first-order valence-electron chi connectivity index (χ1n) is 5.68. The fourth-order valence-corrected chi connectivity index (χ4v) is 2.55. The molecule has 1 aromatic carbocycles. The van der Waals surface area contributed by atoms with Crippen molar-refractivity contribution in [3.63, 3.8) is 0 Å². The van der Waals surface area contributed by atoms with Crippen molar-refractivity contribution in [2.75, 3.05) is 18.6 Å². The standard InChI is InChI=1S/C13H20BrNS/c1-11-9-13(14)6-5-12(11)10-15-7-3-4-8-16-2/h5-6,9,15H,3-4,7-8,10H2,1-2H3. The molecule has 3 heteroatoms. The number of hydrogen-bond acceptors (Lipinski definition) is 2. The molecule has 0 aromatic heterocycles. The van der Waals surface area contributed by atoms with Crippen molar-refractivity contribution in [2.24, 2.45) is 0 Å².